The highest BCUT2D eigenvalue weighted by Gasteiger charge is 2.34. The number of nitrogens with one attached hydrogen (secondary N) is 1. The van der Waals surface area contributed by atoms with Crippen LogP contribution in [0.1, 0.15) is 336 Å². The minimum absolute atomic E-state index is 0.0118. The number of carbonyl (C=O) groups excluding carboxylic acids is 9. The summed E-state index contributed by atoms with van der Waals surface area (Å²) in [5.74, 6) is 3.14. The molecule has 1 amide bonds. The molecule has 0 radical (unpaired) electrons. The Morgan fingerprint density at radius 1 is 0.472 bits per heavy atom. The van der Waals surface area contributed by atoms with E-state index in [1.54, 1.807) is 27.7 Å². The standard InChI is InChI=1S/C14H26O2S2.C13H24O2S2.C13H24OS2.C10H20O.C9H17NO2S.C8H17NO2.C8H12O4.C7H15NOS/c1-13(2,3)11-16-12(15)7-5-6-8-14(4)9-10-17-18-14;1-12(2,3)15-11(14)7-5-6-8-13(4)9-10-16-17-13;1-12(2,3)11(14)7-5-6-8-13(4)9-10-15-16-13;1-9(11)7-5-6-8-10(2,3)4;1-6(11)10-7(5-13)8(12)9(2,3)4;1-8(2,3)11-7(10)5-4-6-9;1-8(2,3)12-7(11)5-4-6(9)10;1-7(2,3)6(9)5(8)4-10/h5-11H2,1-4H3;5-10H2,1-4H3;5-10H2,1-4H3;5-8H2,1-4H3;7,13H,5H2,1-4H3,(H,10,11);4-6,9H2,1-3H3;4-5H,1-3H3,(H,9,10);5,10H,4,8H2,1-3H3/b;;;;;;5-4+;/t14-;2*13-;;7-;;;/m111.0.../s1. The Bertz CT molecular complexity index is 2600. The lowest BCUT2D eigenvalue weighted by Gasteiger charge is -2.23. The third-order valence-electron chi connectivity index (χ3n) is 15.2. The molecule has 0 spiro atoms. The number of thiol groups is 2. The first kappa shape index (κ1) is 115. The molecule has 26 heteroatoms. The van der Waals surface area contributed by atoms with Crippen molar-refractivity contribution in [3.8, 4) is 0 Å². The molecule has 3 aliphatic rings. The predicted octanol–water partition coefficient (Wildman–Crippen LogP) is 20.9. The van der Waals surface area contributed by atoms with Crippen LogP contribution in [0.4, 0.5) is 0 Å². The van der Waals surface area contributed by atoms with Crippen LogP contribution >= 0.6 is 90.0 Å². The van der Waals surface area contributed by atoms with Gasteiger partial charge >= 0.3 is 29.8 Å². The molecule has 3 aliphatic heterocycles. The molecule has 5 atom stereocenters. The normalized spacial score (nSPS) is 18.5. The molecule has 1 unspecified atom stereocenters. The number of ketones is 4. The lowest BCUT2D eigenvalue weighted by atomic mass is 9.87. The summed E-state index contributed by atoms with van der Waals surface area (Å²) in [6.07, 6.45) is 23.0. The Labute approximate surface area is 692 Å². The molecule has 3 heterocycles. The van der Waals surface area contributed by atoms with Gasteiger partial charge in [-0.15, -0.1) is 0 Å². The second-order valence-electron chi connectivity index (χ2n) is 37.0. The number of hydrogen-bond donors (Lipinski definition) is 6. The number of esters is 4. The Morgan fingerprint density at radius 2 is 0.843 bits per heavy atom. The molecule has 3 saturated heterocycles. The summed E-state index contributed by atoms with van der Waals surface area (Å²) in [5.41, 5.74) is 8.99. The zero-order chi connectivity index (χ0) is 85.4. The fraction of sp³-hybridized carbons (Fsp3) is 0.854. The Morgan fingerprint density at radius 3 is 1.12 bits per heavy atom. The monoisotopic (exact) mass is 1680 g/mol. The molecule has 0 bridgehead atoms. The molecule has 0 aromatic rings. The number of ether oxygens (including phenoxy) is 4. The number of Topliss-reactive ketones (excluding diaryl/α,β-unsaturated/α-hetero) is 4. The maximum Gasteiger partial charge on any atom is 0.331 e. The SMILES string of the molecule is CC(=O)CCCCC(C)(C)C.CC(=O)N[C@@H](CS)C(=O)C(C)(C)C.CC(C)(C)C(=O)C(N)CS.CC(C)(C)C(=O)CCCC[C@]1(C)CCSS1.CC(C)(C)COC(=O)CCCC[C@]1(C)CCSS1.CC(C)(C)OC(=O)/C=C/C(=O)O.CC(C)(C)OC(=O)CCCC[C@]1(C)CCSS1.CC(C)(C)OC(=O)CCCN. The molecule has 18 nitrogen and oxygen atoms in total. The van der Waals surface area contributed by atoms with Crippen molar-refractivity contribution in [2.75, 3.05) is 41.9 Å². The molecular weight excluding hydrogens is 1520 g/mol. The van der Waals surface area contributed by atoms with Crippen LogP contribution in [0.5, 0.6) is 0 Å². The van der Waals surface area contributed by atoms with Crippen LogP contribution < -0.4 is 16.8 Å². The van der Waals surface area contributed by atoms with E-state index in [-0.39, 0.29) is 62.8 Å². The van der Waals surface area contributed by atoms with Gasteiger partial charge in [0.2, 0.25) is 5.91 Å². The van der Waals surface area contributed by atoms with Crippen LogP contribution in [0.3, 0.4) is 0 Å². The number of rotatable bonds is 30. The van der Waals surface area contributed by atoms with Gasteiger partial charge in [-0.05, 0) is 184 Å². The van der Waals surface area contributed by atoms with E-state index in [0.717, 1.165) is 63.5 Å². The van der Waals surface area contributed by atoms with E-state index in [4.69, 9.17) is 35.5 Å². The van der Waals surface area contributed by atoms with Crippen LogP contribution in [-0.4, -0.2) is 149 Å². The number of nitrogens with two attached hydrogens (primary N) is 2. The second-order valence-corrected chi connectivity index (χ2v) is 46.8. The lowest BCUT2D eigenvalue weighted by Crippen LogP contribution is -2.46. The number of aliphatic carboxylic acids is 1. The molecule has 3 fully saturated rings. The number of amides is 1. The zero-order valence-corrected chi connectivity index (χ0v) is 79.5. The van der Waals surface area contributed by atoms with Gasteiger partial charge in [0, 0.05) is 110 Å². The smallest absolute Gasteiger partial charge is 0.331 e. The van der Waals surface area contributed by atoms with Gasteiger partial charge in [-0.25, -0.2) is 9.59 Å². The first-order chi connectivity index (χ1) is 48.8. The van der Waals surface area contributed by atoms with Gasteiger partial charge in [0.1, 0.15) is 28.4 Å². The van der Waals surface area contributed by atoms with E-state index in [2.05, 4.69) is 92.9 Å². The van der Waals surface area contributed by atoms with E-state index in [1.807, 2.05) is 169 Å². The fourth-order valence-electron chi connectivity index (χ4n) is 9.15. The average molecular weight is 1680 g/mol. The Kier molecular flexibility index (Phi) is 60.5. The molecule has 0 aliphatic carbocycles. The summed E-state index contributed by atoms with van der Waals surface area (Å²) in [7, 11) is 12.0. The first-order valence-corrected chi connectivity index (χ1v) is 46.7. The molecule has 0 aromatic heterocycles. The minimum atomic E-state index is -1.17. The van der Waals surface area contributed by atoms with E-state index < -0.39 is 35.0 Å². The van der Waals surface area contributed by atoms with Gasteiger partial charge in [0.15, 0.2) is 11.6 Å². The molecule has 3 rings (SSSR count). The average Bonchev–Trinajstić information content (AvgIpc) is 1.49. The van der Waals surface area contributed by atoms with Gasteiger partial charge in [-0.3, -0.25) is 33.6 Å². The number of carboxylic acids is 1. The summed E-state index contributed by atoms with van der Waals surface area (Å²) in [4.78, 5) is 111. The van der Waals surface area contributed by atoms with Crippen molar-refractivity contribution < 1.29 is 72.0 Å². The van der Waals surface area contributed by atoms with E-state index in [1.165, 1.54) is 82.0 Å². The van der Waals surface area contributed by atoms with Crippen molar-refractivity contribution in [3.63, 3.8) is 0 Å². The summed E-state index contributed by atoms with van der Waals surface area (Å²) in [6.45, 7) is 57.7. The summed E-state index contributed by atoms with van der Waals surface area (Å²) in [5, 5.41) is 10.7. The largest absolute Gasteiger partial charge is 0.478 e. The minimum Gasteiger partial charge on any atom is -0.478 e. The predicted molar refractivity (Wildman–Crippen MR) is 473 cm³/mol. The number of hydrogen-bond acceptors (Lipinski definition) is 24. The van der Waals surface area contributed by atoms with Gasteiger partial charge in [0.05, 0.1) is 18.7 Å². The quantitative estimate of drug-likeness (QED) is 0.00972. The molecule has 636 valence electrons. The zero-order valence-electron chi connectivity index (χ0n) is 72.8. The molecule has 0 aromatic carbocycles. The number of unbranched alkanes of at least 4 members (excludes halogenated alkanes) is 4. The summed E-state index contributed by atoms with van der Waals surface area (Å²) >= 11 is 7.97. The highest BCUT2D eigenvalue weighted by Crippen LogP contribution is 2.51. The Hall–Kier alpha value is -2.04. The topological polar surface area (TPSA) is 292 Å². The maximum atomic E-state index is 11.7. The van der Waals surface area contributed by atoms with Crippen LogP contribution in [-0.2, 0) is 66.9 Å². The van der Waals surface area contributed by atoms with Gasteiger partial charge in [0.25, 0.3) is 0 Å². The highest BCUT2D eigenvalue weighted by molar-refractivity contribution is 8.78. The van der Waals surface area contributed by atoms with Crippen molar-refractivity contribution in [2.45, 2.75) is 379 Å². The van der Waals surface area contributed by atoms with Crippen molar-refractivity contribution in [3.05, 3.63) is 12.2 Å². The van der Waals surface area contributed by atoms with Crippen LogP contribution in [0, 0.1) is 27.1 Å². The molecule has 108 heavy (non-hydrogen) atoms. The third-order valence-corrected chi connectivity index (χ3v) is 26.1. The molecular formula is C82H155N3O15S8. The van der Waals surface area contributed by atoms with Gasteiger partial charge in [-0.1, -0.05) is 194 Å². The Balaban J connectivity index is -0.000000378. The molecule has 0 saturated carbocycles. The van der Waals surface area contributed by atoms with Crippen LogP contribution in [0.15, 0.2) is 12.2 Å². The second kappa shape index (κ2) is 57.1. The van der Waals surface area contributed by atoms with Crippen molar-refractivity contribution >= 4 is 149 Å². The lowest BCUT2D eigenvalue weighted by molar-refractivity contribution is -0.156. The highest BCUT2D eigenvalue weighted by atomic mass is 33.1. The van der Waals surface area contributed by atoms with Crippen molar-refractivity contribution in [1.29, 1.82) is 0 Å². The van der Waals surface area contributed by atoms with E-state index >= 15 is 0 Å². The van der Waals surface area contributed by atoms with Crippen molar-refractivity contribution in [2.24, 2.45) is 38.5 Å². The molecule has 6 N–H and O–H groups in total. The third kappa shape index (κ3) is 75.3. The number of carboxylic acid groups (broad SMARTS) is 1. The summed E-state index contributed by atoms with van der Waals surface area (Å²) in [6, 6.07) is -0.885. The number of carbonyl (C=O) groups is 10. The van der Waals surface area contributed by atoms with Crippen LogP contribution in [0.25, 0.3) is 0 Å². The van der Waals surface area contributed by atoms with Gasteiger partial charge < -0.3 is 45.6 Å². The van der Waals surface area contributed by atoms with E-state index in [0.29, 0.717) is 81.6 Å². The summed E-state index contributed by atoms with van der Waals surface area (Å²) < 4.78 is 21.8. The van der Waals surface area contributed by atoms with Crippen molar-refractivity contribution in [1.82, 2.24) is 5.32 Å². The first-order valence-electron chi connectivity index (χ1n) is 38.5. The maximum absolute atomic E-state index is 11.7. The fourth-order valence-corrected chi connectivity index (χ4v) is 19.5. The van der Waals surface area contributed by atoms with Crippen LogP contribution in [0.2, 0.25) is 0 Å². The van der Waals surface area contributed by atoms with E-state index in [9.17, 15) is 47.9 Å². The van der Waals surface area contributed by atoms with Gasteiger partial charge in [-0.2, -0.15) is 25.3 Å².